The van der Waals surface area contributed by atoms with E-state index in [1.165, 1.54) is 4.68 Å². The maximum Gasteiger partial charge on any atom is 0.303 e. The van der Waals surface area contributed by atoms with E-state index in [1.54, 1.807) is 18.2 Å². The van der Waals surface area contributed by atoms with Crippen LogP contribution in [0.25, 0.3) is 5.69 Å². The highest BCUT2D eigenvalue weighted by atomic mass is 35.5. The van der Waals surface area contributed by atoms with Gasteiger partial charge in [-0.15, -0.1) is 5.10 Å². The van der Waals surface area contributed by atoms with Crippen LogP contribution in [0.1, 0.15) is 55.5 Å². The number of rotatable bonds is 8. The quantitative estimate of drug-likeness (QED) is 0.660. The lowest BCUT2D eigenvalue weighted by molar-refractivity contribution is -0.137. The summed E-state index contributed by atoms with van der Waals surface area (Å²) < 4.78 is 1.49. The van der Waals surface area contributed by atoms with E-state index >= 15 is 0 Å². The van der Waals surface area contributed by atoms with E-state index in [2.05, 4.69) is 15.4 Å². The van der Waals surface area contributed by atoms with Crippen molar-refractivity contribution in [3.05, 3.63) is 39.9 Å². The van der Waals surface area contributed by atoms with Gasteiger partial charge in [-0.2, -0.15) is 0 Å². The Balaban J connectivity index is 2.19. The van der Waals surface area contributed by atoms with Gasteiger partial charge >= 0.3 is 5.97 Å². The van der Waals surface area contributed by atoms with Gasteiger partial charge in [-0.1, -0.05) is 43.1 Å². The van der Waals surface area contributed by atoms with Crippen LogP contribution < -0.4 is 5.32 Å². The van der Waals surface area contributed by atoms with E-state index in [0.717, 1.165) is 0 Å². The minimum absolute atomic E-state index is 0.00745. The molecule has 0 aliphatic carbocycles. The van der Waals surface area contributed by atoms with Crippen LogP contribution in [0.2, 0.25) is 10.0 Å². The van der Waals surface area contributed by atoms with Crippen LogP contribution in [0, 0.1) is 0 Å². The number of carboxylic acids is 1. The summed E-state index contributed by atoms with van der Waals surface area (Å²) >= 11 is 12.5. The molecule has 2 N–H and O–H groups in total. The lowest BCUT2D eigenvalue weighted by Crippen LogP contribution is -2.25. The molecule has 2 aromatic rings. The Bertz CT molecular complexity index is 785. The van der Waals surface area contributed by atoms with Crippen LogP contribution in [0.5, 0.6) is 0 Å². The summed E-state index contributed by atoms with van der Waals surface area (Å²) in [5.74, 6) is -0.704. The summed E-state index contributed by atoms with van der Waals surface area (Å²) in [4.78, 5) is 27.1. The Kier molecular flexibility index (Phi) is 6.99. The third kappa shape index (κ3) is 4.95. The smallest absolute Gasteiger partial charge is 0.303 e. The second kappa shape index (κ2) is 9.00. The Labute approximate surface area is 161 Å². The van der Waals surface area contributed by atoms with Gasteiger partial charge in [0.25, 0.3) is 5.91 Å². The van der Waals surface area contributed by atoms with Gasteiger partial charge in [0, 0.05) is 18.9 Å². The minimum Gasteiger partial charge on any atom is -0.481 e. The number of benzene rings is 1. The van der Waals surface area contributed by atoms with Crippen LogP contribution in [-0.4, -0.2) is 38.3 Å². The largest absolute Gasteiger partial charge is 0.481 e. The lowest BCUT2D eigenvalue weighted by atomic mass is 10.2. The summed E-state index contributed by atoms with van der Waals surface area (Å²) in [5, 5.41) is 16.4. The second-order valence-corrected chi connectivity index (χ2v) is 6.85. The standard InChI is InChI=1S/C17H20Cl2N4O3/c1-10(2)16-21-15(17(26)20-9-4-3-8-13(24)25)22-23(16)14-11(18)6-5-7-12(14)19/h5-7,10H,3-4,8-9H2,1-2H3,(H,20,26)(H,24,25). The molecule has 0 bridgehead atoms. The molecule has 1 aromatic heterocycles. The summed E-state index contributed by atoms with van der Waals surface area (Å²) in [5.41, 5.74) is 0.479. The molecule has 0 aliphatic heterocycles. The number of para-hydroxylation sites is 1. The van der Waals surface area contributed by atoms with Gasteiger partial charge in [-0.3, -0.25) is 9.59 Å². The molecule has 2 rings (SSSR count). The molecular formula is C17H20Cl2N4O3. The molecule has 0 unspecified atom stereocenters. The van der Waals surface area contributed by atoms with Crippen molar-refractivity contribution in [2.45, 2.75) is 39.0 Å². The number of nitrogens with one attached hydrogen (secondary N) is 1. The summed E-state index contributed by atoms with van der Waals surface area (Å²) in [6.45, 7) is 4.21. The maximum absolute atomic E-state index is 12.3. The highest BCUT2D eigenvalue weighted by Gasteiger charge is 2.21. The highest BCUT2D eigenvalue weighted by molar-refractivity contribution is 6.37. The first kappa shape index (κ1) is 20.2. The first-order valence-corrected chi connectivity index (χ1v) is 8.98. The predicted molar refractivity (Wildman–Crippen MR) is 99.3 cm³/mol. The van der Waals surface area contributed by atoms with Crippen molar-refractivity contribution >= 4 is 35.1 Å². The molecule has 140 valence electrons. The number of hydrogen-bond donors (Lipinski definition) is 2. The minimum atomic E-state index is -0.852. The monoisotopic (exact) mass is 398 g/mol. The Morgan fingerprint density at radius 2 is 1.88 bits per heavy atom. The molecule has 9 heteroatoms. The van der Waals surface area contributed by atoms with E-state index in [4.69, 9.17) is 28.3 Å². The van der Waals surface area contributed by atoms with Gasteiger partial charge in [0.2, 0.25) is 5.82 Å². The Morgan fingerprint density at radius 1 is 1.23 bits per heavy atom. The summed E-state index contributed by atoms with van der Waals surface area (Å²) in [7, 11) is 0. The zero-order valence-corrected chi connectivity index (χ0v) is 16.0. The normalized spacial score (nSPS) is 11.0. The number of nitrogens with zero attached hydrogens (tertiary/aromatic N) is 3. The average Bonchev–Trinajstić information content (AvgIpc) is 2.99. The summed E-state index contributed by atoms with van der Waals surface area (Å²) in [6.07, 6.45) is 1.13. The molecule has 0 spiro atoms. The number of hydrogen-bond acceptors (Lipinski definition) is 4. The van der Waals surface area contributed by atoms with E-state index in [0.29, 0.717) is 40.9 Å². The first-order valence-electron chi connectivity index (χ1n) is 8.22. The van der Waals surface area contributed by atoms with Gasteiger partial charge in [-0.25, -0.2) is 9.67 Å². The molecule has 0 fully saturated rings. The van der Waals surface area contributed by atoms with Crippen molar-refractivity contribution in [3.63, 3.8) is 0 Å². The lowest BCUT2D eigenvalue weighted by Gasteiger charge is -2.11. The van der Waals surface area contributed by atoms with E-state index in [-0.39, 0.29) is 18.2 Å². The fourth-order valence-electron chi connectivity index (χ4n) is 2.33. The number of carboxylic acid groups (broad SMARTS) is 1. The van der Waals surface area contributed by atoms with Crippen molar-refractivity contribution in [1.82, 2.24) is 20.1 Å². The Hall–Kier alpha value is -2.12. The summed E-state index contributed by atoms with van der Waals surface area (Å²) in [6, 6.07) is 5.11. The van der Waals surface area contributed by atoms with Crippen LogP contribution in [0.4, 0.5) is 0 Å². The third-order valence-electron chi connectivity index (χ3n) is 3.60. The van der Waals surface area contributed by atoms with Gasteiger partial charge in [0.15, 0.2) is 0 Å². The van der Waals surface area contributed by atoms with Crippen LogP contribution in [-0.2, 0) is 4.79 Å². The fourth-order valence-corrected chi connectivity index (χ4v) is 2.89. The molecule has 0 aliphatic rings. The molecule has 1 heterocycles. The van der Waals surface area contributed by atoms with Gasteiger partial charge < -0.3 is 10.4 Å². The van der Waals surface area contributed by atoms with Crippen molar-refractivity contribution in [2.75, 3.05) is 6.54 Å². The molecule has 1 amide bonds. The van der Waals surface area contributed by atoms with Crippen molar-refractivity contribution in [2.24, 2.45) is 0 Å². The topological polar surface area (TPSA) is 97.1 Å². The molecule has 0 saturated carbocycles. The number of halogens is 2. The number of amides is 1. The zero-order valence-electron chi connectivity index (χ0n) is 14.5. The zero-order chi connectivity index (χ0) is 19.3. The molecular weight excluding hydrogens is 379 g/mol. The third-order valence-corrected chi connectivity index (χ3v) is 4.21. The van der Waals surface area contributed by atoms with E-state index < -0.39 is 11.9 Å². The number of aromatic nitrogens is 3. The average molecular weight is 399 g/mol. The molecule has 26 heavy (non-hydrogen) atoms. The van der Waals surface area contributed by atoms with Gasteiger partial charge in [-0.05, 0) is 25.0 Å². The van der Waals surface area contributed by atoms with Crippen molar-refractivity contribution in [3.8, 4) is 5.69 Å². The molecule has 0 atom stereocenters. The van der Waals surface area contributed by atoms with E-state index in [1.807, 2.05) is 13.8 Å². The number of carbonyl (C=O) groups excluding carboxylic acids is 1. The molecule has 0 saturated heterocycles. The molecule has 0 radical (unpaired) electrons. The number of aliphatic carboxylic acids is 1. The van der Waals surface area contributed by atoms with Gasteiger partial charge in [0.1, 0.15) is 11.5 Å². The van der Waals surface area contributed by atoms with Crippen LogP contribution in [0.3, 0.4) is 0 Å². The van der Waals surface area contributed by atoms with Gasteiger partial charge in [0.05, 0.1) is 10.0 Å². The van der Waals surface area contributed by atoms with Crippen molar-refractivity contribution < 1.29 is 14.7 Å². The SMILES string of the molecule is CC(C)c1nc(C(=O)NCCCCC(=O)O)nn1-c1c(Cl)cccc1Cl. The first-order chi connectivity index (χ1) is 12.3. The number of unbranched alkanes of at least 4 members (excludes halogenated alkanes) is 1. The predicted octanol–water partition coefficient (Wildman–Crippen LogP) is 3.68. The number of carbonyl (C=O) groups is 2. The fraction of sp³-hybridized carbons (Fsp3) is 0.412. The Morgan fingerprint density at radius 3 is 2.46 bits per heavy atom. The van der Waals surface area contributed by atoms with Crippen molar-refractivity contribution in [1.29, 1.82) is 0 Å². The molecule has 7 nitrogen and oxygen atoms in total. The second-order valence-electron chi connectivity index (χ2n) is 6.04. The van der Waals surface area contributed by atoms with Crippen LogP contribution in [0.15, 0.2) is 18.2 Å². The maximum atomic E-state index is 12.3. The van der Waals surface area contributed by atoms with E-state index in [9.17, 15) is 9.59 Å². The van der Waals surface area contributed by atoms with Crippen LogP contribution >= 0.6 is 23.2 Å². The molecule has 1 aromatic carbocycles. The highest BCUT2D eigenvalue weighted by Crippen LogP contribution is 2.30.